The number of benzene rings is 2. The van der Waals surface area contributed by atoms with Crippen molar-refractivity contribution in [3.05, 3.63) is 78.1 Å². The van der Waals surface area contributed by atoms with Crippen LogP contribution in [0.4, 0.5) is 4.79 Å². The Kier molecular flexibility index (Phi) is 5.52. The Bertz CT molecular complexity index is 1590. The van der Waals surface area contributed by atoms with Crippen LogP contribution in [0.3, 0.4) is 0 Å². The van der Waals surface area contributed by atoms with Crippen LogP contribution < -0.4 is 20.7 Å². The van der Waals surface area contributed by atoms with Crippen LogP contribution in [0, 0.1) is 0 Å². The van der Waals surface area contributed by atoms with Crippen molar-refractivity contribution in [1.29, 1.82) is 0 Å². The van der Waals surface area contributed by atoms with Gasteiger partial charge in [-0.2, -0.15) is 0 Å². The number of amides is 4. The first-order valence-electron chi connectivity index (χ1n) is 12.2. The highest BCUT2D eigenvalue weighted by molar-refractivity contribution is 6.07. The molecular formula is C28H25N5O5. The number of hydrogen-bond acceptors (Lipinski definition) is 6. The first kappa shape index (κ1) is 23.5. The monoisotopic (exact) mass is 511 g/mol. The fourth-order valence-corrected chi connectivity index (χ4v) is 4.85. The molecule has 10 nitrogen and oxygen atoms in total. The van der Waals surface area contributed by atoms with Crippen molar-refractivity contribution in [1.82, 2.24) is 25.5 Å². The van der Waals surface area contributed by atoms with Crippen LogP contribution in [0.5, 0.6) is 11.6 Å². The molecule has 2 aliphatic rings. The summed E-state index contributed by atoms with van der Waals surface area (Å²) in [6.45, 7) is -0.0502. The molecule has 38 heavy (non-hydrogen) atoms. The summed E-state index contributed by atoms with van der Waals surface area (Å²) < 4.78 is 6.79. The van der Waals surface area contributed by atoms with E-state index in [1.807, 2.05) is 6.07 Å². The molecule has 3 heterocycles. The summed E-state index contributed by atoms with van der Waals surface area (Å²) in [5.74, 6) is -0.177. The summed E-state index contributed by atoms with van der Waals surface area (Å²) in [5, 5.41) is 20.3. The number of nitrogens with zero attached hydrogens (tertiary/aromatic N) is 2. The third kappa shape index (κ3) is 4.00. The molecule has 0 unspecified atom stereocenters. The van der Waals surface area contributed by atoms with E-state index in [0.717, 1.165) is 18.2 Å². The Balaban J connectivity index is 1.36. The fraction of sp³-hybridized carbons (Fsp3) is 0.214. The molecule has 1 atom stereocenters. The second-order valence-electron chi connectivity index (χ2n) is 9.57. The molecule has 0 radical (unpaired) electrons. The standard InChI is InChI=1S/C28H25N5O5/c1-38-20-11-6-17-14-33(25(35)22(17)13-20)15-28(26(36)31-27(37)32-28)18-7-4-16(5-8-18)23-21(3-2-12-29-23)24(34)30-19-9-10-19/h2-8,11-14,19,35H,9-10,15H2,1H3,(H,30,34)(H2,31,32,36,37)/t28-/m0/s1. The molecule has 0 spiro atoms. The van der Waals surface area contributed by atoms with Gasteiger partial charge in [-0.25, -0.2) is 4.79 Å². The molecule has 1 saturated carbocycles. The lowest BCUT2D eigenvalue weighted by Gasteiger charge is -2.27. The topological polar surface area (TPSA) is 135 Å². The van der Waals surface area contributed by atoms with Gasteiger partial charge in [0.05, 0.1) is 24.9 Å². The summed E-state index contributed by atoms with van der Waals surface area (Å²) in [4.78, 5) is 42.6. The number of hydrogen-bond donors (Lipinski definition) is 4. The average Bonchev–Trinajstić information content (AvgIpc) is 3.63. The number of aromatic hydroxyl groups is 1. The minimum absolute atomic E-state index is 0.0502. The Morgan fingerprint density at radius 3 is 2.66 bits per heavy atom. The summed E-state index contributed by atoms with van der Waals surface area (Å²) in [7, 11) is 1.54. The number of pyridine rings is 1. The van der Waals surface area contributed by atoms with E-state index in [2.05, 4.69) is 20.9 Å². The molecule has 4 N–H and O–H groups in total. The third-order valence-electron chi connectivity index (χ3n) is 7.03. The molecular weight excluding hydrogens is 486 g/mol. The second-order valence-corrected chi connectivity index (χ2v) is 9.57. The van der Waals surface area contributed by atoms with Crippen molar-refractivity contribution in [2.45, 2.75) is 31.0 Å². The Morgan fingerprint density at radius 1 is 1.18 bits per heavy atom. The zero-order chi connectivity index (χ0) is 26.4. The van der Waals surface area contributed by atoms with E-state index in [9.17, 15) is 19.5 Å². The normalized spacial score (nSPS) is 18.8. The van der Waals surface area contributed by atoms with Crippen LogP contribution >= 0.6 is 0 Å². The predicted octanol–water partition coefficient (Wildman–Crippen LogP) is 3.04. The van der Waals surface area contributed by atoms with Gasteiger partial charge >= 0.3 is 6.03 Å². The number of methoxy groups -OCH3 is 1. The molecule has 2 fully saturated rings. The van der Waals surface area contributed by atoms with Crippen molar-refractivity contribution in [3.63, 3.8) is 0 Å². The molecule has 1 aliphatic heterocycles. The first-order chi connectivity index (χ1) is 18.4. The molecule has 0 bridgehead atoms. The lowest BCUT2D eigenvalue weighted by atomic mass is 9.88. The Morgan fingerprint density at radius 2 is 1.97 bits per heavy atom. The smallest absolute Gasteiger partial charge is 0.322 e. The van der Waals surface area contributed by atoms with Gasteiger partial charge in [0, 0.05) is 34.8 Å². The lowest BCUT2D eigenvalue weighted by molar-refractivity contribution is -0.124. The van der Waals surface area contributed by atoms with Gasteiger partial charge in [-0.1, -0.05) is 24.3 Å². The molecule has 2 aromatic carbocycles. The van der Waals surface area contributed by atoms with Gasteiger partial charge in [-0.15, -0.1) is 0 Å². The number of imide groups is 1. The highest BCUT2D eigenvalue weighted by Gasteiger charge is 2.48. The largest absolute Gasteiger partial charge is 0.497 e. The third-order valence-corrected chi connectivity index (χ3v) is 7.03. The molecule has 192 valence electrons. The quantitative estimate of drug-likeness (QED) is 0.282. The number of aromatic nitrogens is 2. The van der Waals surface area contributed by atoms with Gasteiger partial charge in [-0.05, 0) is 48.7 Å². The highest BCUT2D eigenvalue weighted by Crippen LogP contribution is 2.35. The average molecular weight is 512 g/mol. The maximum atomic E-state index is 13.2. The van der Waals surface area contributed by atoms with Crippen LogP contribution in [-0.4, -0.2) is 45.7 Å². The van der Waals surface area contributed by atoms with Crippen LogP contribution in [0.25, 0.3) is 22.0 Å². The van der Waals surface area contributed by atoms with Crippen LogP contribution in [0.1, 0.15) is 28.8 Å². The number of carbonyl (C=O) groups is 3. The highest BCUT2D eigenvalue weighted by atomic mass is 16.5. The van der Waals surface area contributed by atoms with Crippen LogP contribution in [0.2, 0.25) is 0 Å². The Hall–Kier alpha value is -4.86. The van der Waals surface area contributed by atoms with E-state index in [-0.39, 0.29) is 24.4 Å². The predicted molar refractivity (Wildman–Crippen MR) is 139 cm³/mol. The summed E-state index contributed by atoms with van der Waals surface area (Å²) in [5.41, 5.74) is 0.723. The Labute approximate surface area is 217 Å². The first-order valence-corrected chi connectivity index (χ1v) is 12.2. The van der Waals surface area contributed by atoms with E-state index < -0.39 is 17.5 Å². The fourth-order valence-electron chi connectivity index (χ4n) is 4.85. The van der Waals surface area contributed by atoms with Gasteiger partial charge in [0.2, 0.25) is 0 Å². The van der Waals surface area contributed by atoms with Gasteiger partial charge in [-0.3, -0.25) is 19.9 Å². The summed E-state index contributed by atoms with van der Waals surface area (Å²) >= 11 is 0. The SMILES string of the molecule is COc1ccc2cn(C[C@@]3(c4ccc(-c5ncccc5C(=O)NC5CC5)cc4)NC(=O)NC3=O)c(O)c2c1. The van der Waals surface area contributed by atoms with Crippen LogP contribution in [0.15, 0.2) is 67.0 Å². The summed E-state index contributed by atoms with van der Waals surface area (Å²) in [6, 6.07) is 15.3. The molecule has 4 amide bonds. The minimum Gasteiger partial charge on any atom is -0.497 e. The minimum atomic E-state index is -1.47. The van der Waals surface area contributed by atoms with Crippen molar-refractivity contribution in [2.24, 2.45) is 0 Å². The lowest BCUT2D eigenvalue weighted by Crippen LogP contribution is -2.47. The van der Waals surface area contributed by atoms with Gasteiger partial charge < -0.3 is 25.0 Å². The van der Waals surface area contributed by atoms with Gasteiger partial charge in [0.25, 0.3) is 11.8 Å². The number of fused-ring (bicyclic) bond motifs is 1. The van der Waals surface area contributed by atoms with E-state index in [1.165, 1.54) is 4.57 Å². The summed E-state index contributed by atoms with van der Waals surface area (Å²) in [6.07, 6.45) is 5.30. The van der Waals surface area contributed by atoms with E-state index in [0.29, 0.717) is 33.5 Å². The van der Waals surface area contributed by atoms with Crippen LogP contribution in [-0.2, 0) is 16.9 Å². The van der Waals surface area contributed by atoms with E-state index in [4.69, 9.17) is 4.74 Å². The zero-order valence-electron chi connectivity index (χ0n) is 20.5. The maximum Gasteiger partial charge on any atom is 0.322 e. The molecule has 1 aliphatic carbocycles. The number of urea groups is 1. The number of ether oxygens (including phenoxy) is 1. The van der Waals surface area contributed by atoms with Gasteiger partial charge in [0.1, 0.15) is 5.75 Å². The maximum absolute atomic E-state index is 13.2. The molecule has 2 aromatic heterocycles. The van der Waals surface area contributed by atoms with Crippen molar-refractivity contribution >= 4 is 28.6 Å². The number of carbonyl (C=O) groups excluding carboxylic acids is 3. The van der Waals surface area contributed by atoms with Crippen molar-refractivity contribution < 1.29 is 24.2 Å². The van der Waals surface area contributed by atoms with Gasteiger partial charge in [0.15, 0.2) is 11.4 Å². The number of rotatable bonds is 7. The number of nitrogens with one attached hydrogen (secondary N) is 3. The molecule has 6 rings (SSSR count). The van der Waals surface area contributed by atoms with Crippen molar-refractivity contribution in [3.8, 4) is 22.9 Å². The van der Waals surface area contributed by atoms with Crippen molar-refractivity contribution in [2.75, 3.05) is 7.11 Å². The zero-order valence-corrected chi connectivity index (χ0v) is 20.5. The molecule has 4 aromatic rings. The second kappa shape index (κ2) is 8.91. The van der Waals surface area contributed by atoms with E-state index in [1.54, 1.807) is 68.0 Å². The molecule has 10 heteroatoms. The molecule has 1 saturated heterocycles. The van der Waals surface area contributed by atoms with E-state index >= 15 is 0 Å².